The number of hydrogen-bond acceptors (Lipinski definition) is 12. The minimum atomic E-state index is -0.649. The van der Waals surface area contributed by atoms with Gasteiger partial charge in [-0.1, -0.05) is 12.2 Å². The maximum atomic E-state index is 13.8. The first kappa shape index (κ1) is 42.8. The van der Waals surface area contributed by atoms with Crippen molar-refractivity contribution in [1.82, 2.24) is 48.9 Å². The van der Waals surface area contributed by atoms with Crippen molar-refractivity contribution in [2.24, 2.45) is 11.5 Å². The number of carbonyl (C=O) groups is 4. The highest BCUT2D eigenvalue weighted by molar-refractivity contribution is 6.05. The van der Waals surface area contributed by atoms with Crippen LogP contribution >= 0.6 is 0 Å². The van der Waals surface area contributed by atoms with Crippen molar-refractivity contribution >= 4 is 57.6 Å². The Balaban J connectivity index is 1.09. The molecule has 2 aromatic carbocycles. The number of primary amides is 2. The molecule has 4 aromatic heterocycles. The average molecular weight is 861 g/mol. The number of likely N-dealkylation sites (tertiary alicyclic amines) is 1. The summed E-state index contributed by atoms with van der Waals surface area (Å²) in [5.74, 6) is -1.23. The Bertz CT molecular complexity index is 2750. The number of aryl methyl sites for hydroxylation is 4. The smallest absolute Gasteiger partial charge is 0.276 e. The van der Waals surface area contributed by atoms with Crippen molar-refractivity contribution in [2.75, 3.05) is 56.6 Å². The van der Waals surface area contributed by atoms with Crippen molar-refractivity contribution in [3.8, 4) is 5.75 Å². The summed E-state index contributed by atoms with van der Waals surface area (Å²) in [7, 11) is 0. The van der Waals surface area contributed by atoms with E-state index in [4.69, 9.17) is 25.9 Å². The van der Waals surface area contributed by atoms with Gasteiger partial charge in [0.15, 0.2) is 0 Å². The van der Waals surface area contributed by atoms with E-state index in [0.29, 0.717) is 83.3 Å². The van der Waals surface area contributed by atoms with Crippen LogP contribution in [0.2, 0.25) is 0 Å². The largest absolute Gasteiger partial charge is 0.491 e. The fourth-order valence-electron chi connectivity index (χ4n) is 8.26. The Kier molecular flexibility index (Phi) is 12.1. The molecule has 0 atom stereocenters. The Morgan fingerprint density at radius 2 is 1.43 bits per heavy atom. The zero-order chi connectivity index (χ0) is 44.4. The van der Waals surface area contributed by atoms with Crippen molar-refractivity contribution < 1.29 is 28.7 Å². The van der Waals surface area contributed by atoms with Gasteiger partial charge in [0.25, 0.3) is 11.8 Å². The maximum Gasteiger partial charge on any atom is 0.276 e. The standard InChI is InChI=1S/C43H52N14O6/c1-5-56-33(18-26(3)51-56)39(60)49-41-47-30-20-28(37(44)58)10-11-32(30)54(41)14-7-8-15-55-36-31(48-42(55)50-40(61)34-19-27(4)52-57(34)6-2)21-29(38(45)59)22-35(36)62-16-9-13-53-24-43(25-53)23-46-12-17-63-43/h7-8,10-11,18-22,46H,5-6,9,12-17,23-25H2,1-4H3,(H2,44,58)(H2,45,59)(H,47,49,60)(H,48,50,61)/b8-7+. The van der Waals surface area contributed by atoms with Crippen LogP contribution in [0, 0.1) is 13.8 Å². The second-order valence-corrected chi connectivity index (χ2v) is 15.8. The van der Waals surface area contributed by atoms with Gasteiger partial charge in [-0.3, -0.25) is 44.1 Å². The molecule has 63 heavy (non-hydrogen) atoms. The number of nitrogens with two attached hydrogens (primary N) is 2. The molecular weight excluding hydrogens is 809 g/mol. The van der Waals surface area contributed by atoms with E-state index < -0.39 is 23.6 Å². The summed E-state index contributed by atoms with van der Waals surface area (Å²) in [4.78, 5) is 63.8. The highest BCUT2D eigenvalue weighted by Gasteiger charge is 2.44. The highest BCUT2D eigenvalue weighted by atomic mass is 16.5. The first-order valence-corrected chi connectivity index (χ1v) is 21.1. The SMILES string of the molecule is CCn1nc(C)cc1C(=O)Nc1nc2cc(C(N)=O)ccc2n1C/C=C/Cn1c(NC(=O)c2cc(C)nn2CC)nc2cc(C(N)=O)cc(OCCCN3CC4(CNCCO4)C3)c21. The number of anilines is 2. The number of carbonyl (C=O) groups excluding carboxylic acids is 4. The molecule has 1 spiro atoms. The molecule has 20 heteroatoms. The molecule has 0 radical (unpaired) electrons. The molecule has 2 aliphatic rings. The average Bonchev–Trinajstić information content (AvgIpc) is 4.02. The fourth-order valence-corrected chi connectivity index (χ4v) is 8.26. The molecule has 2 fully saturated rings. The van der Waals surface area contributed by atoms with Gasteiger partial charge < -0.3 is 35.4 Å². The number of amides is 4. The number of rotatable bonds is 17. The monoisotopic (exact) mass is 860 g/mol. The van der Waals surface area contributed by atoms with Crippen molar-refractivity contribution in [3.05, 3.63) is 88.5 Å². The number of imidazole rings is 2. The number of benzene rings is 2. The Morgan fingerprint density at radius 1 is 0.825 bits per heavy atom. The molecule has 4 amide bonds. The minimum absolute atomic E-state index is 0.122. The quantitative estimate of drug-likeness (QED) is 0.0656. The minimum Gasteiger partial charge on any atom is -0.491 e. The molecule has 6 aromatic rings. The number of ether oxygens (including phenoxy) is 2. The third kappa shape index (κ3) is 8.90. The predicted molar refractivity (Wildman–Crippen MR) is 235 cm³/mol. The number of aromatic nitrogens is 8. The molecule has 2 saturated heterocycles. The summed E-state index contributed by atoms with van der Waals surface area (Å²) in [6, 6.07) is 11.5. The summed E-state index contributed by atoms with van der Waals surface area (Å²) < 4.78 is 19.3. The lowest BCUT2D eigenvalue weighted by molar-refractivity contribution is -0.156. The number of hydrogen-bond donors (Lipinski definition) is 5. The number of nitrogens with one attached hydrogen (secondary N) is 3. The number of allylic oxidation sites excluding steroid dienone is 2. The predicted octanol–water partition coefficient (Wildman–Crippen LogP) is 2.84. The van der Waals surface area contributed by atoms with E-state index in [1.54, 1.807) is 56.4 Å². The van der Waals surface area contributed by atoms with E-state index in [-0.39, 0.29) is 41.7 Å². The zero-order valence-corrected chi connectivity index (χ0v) is 35.8. The molecule has 0 saturated carbocycles. The van der Waals surface area contributed by atoms with Gasteiger partial charge in [0.05, 0.1) is 41.2 Å². The second kappa shape index (κ2) is 17.8. The lowest BCUT2D eigenvalue weighted by Crippen LogP contribution is -2.69. The molecule has 6 heterocycles. The number of fused-ring (bicyclic) bond motifs is 2. The summed E-state index contributed by atoms with van der Waals surface area (Å²) in [5, 5.41) is 18.2. The van der Waals surface area contributed by atoms with Gasteiger partial charge in [-0.05, 0) is 76.6 Å². The summed E-state index contributed by atoms with van der Waals surface area (Å²) in [6.45, 7) is 14.1. The Morgan fingerprint density at radius 3 is 2.03 bits per heavy atom. The van der Waals surface area contributed by atoms with Crippen LogP contribution in [0.5, 0.6) is 5.75 Å². The van der Waals surface area contributed by atoms with Gasteiger partial charge in [-0.15, -0.1) is 0 Å². The normalized spacial score (nSPS) is 15.0. The second-order valence-electron chi connectivity index (χ2n) is 15.8. The van der Waals surface area contributed by atoms with Gasteiger partial charge in [0.1, 0.15) is 28.3 Å². The van der Waals surface area contributed by atoms with E-state index in [1.165, 1.54) is 0 Å². The van der Waals surface area contributed by atoms with Crippen molar-refractivity contribution in [2.45, 2.75) is 65.9 Å². The van der Waals surface area contributed by atoms with Gasteiger partial charge in [0.2, 0.25) is 23.7 Å². The Hall–Kier alpha value is -6.90. The van der Waals surface area contributed by atoms with Crippen LogP contribution < -0.4 is 32.2 Å². The number of morpholine rings is 1. The van der Waals surface area contributed by atoms with Crippen LogP contribution in [0.1, 0.15) is 73.3 Å². The Labute approximate surface area is 362 Å². The fraction of sp³-hybridized carbons (Fsp3) is 0.395. The third-order valence-corrected chi connectivity index (χ3v) is 11.2. The lowest BCUT2D eigenvalue weighted by Gasteiger charge is -2.51. The van der Waals surface area contributed by atoms with E-state index in [0.717, 1.165) is 32.7 Å². The van der Waals surface area contributed by atoms with E-state index in [1.807, 2.05) is 44.4 Å². The van der Waals surface area contributed by atoms with E-state index >= 15 is 0 Å². The molecule has 2 aliphatic heterocycles. The van der Waals surface area contributed by atoms with Crippen LogP contribution in [-0.2, 0) is 30.9 Å². The van der Waals surface area contributed by atoms with Crippen molar-refractivity contribution in [3.63, 3.8) is 0 Å². The molecular formula is C43H52N14O6. The van der Waals surface area contributed by atoms with Crippen LogP contribution in [0.25, 0.3) is 22.1 Å². The maximum absolute atomic E-state index is 13.8. The van der Waals surface area contributed by atoms with Crippen LogP contribution in [0.3, 0.4) is 0 Å². The van der Waals surface area contributed by atoms with Crippen LogP contribution in [0.4, 0.5) is 11.9 Å². The summed E-state index contributed by atoms with van der Waals surface area (Å²) in [5.41, 5.74) is 15.9. The molecule has 0 aliphatic carbocycles. The van der Waals surface area contributed by atoms with Crippen molar-refractivity contribution in [1.29, 1.82) is 0 Å². The first-order chi connectivity index (χ1) is 30.3. The van der Waals surface area contributed by atoms with Crippen LogP contribution in [-0.4, -0.2) is 119 Å². The van der Waals surface area contributed by atoms with Gasteiger partial charge in [0, 0.05) is 70.0 Å². The van der Waals surface area contributed by atoms with Crippen LogP contribution in [0.15, 0.2) is 54.6 Å². The molecule has 7 N–H and O–H groups in total. The number of nitrogens with zero attached hydrogens (tertiary/aromatic N) is 9. The lowest BCUT2D eigenvalue weighted by atomic mass is 9.92. The van der Waals surface area contributed by atoms with Gasteiger partial charge in [-0.2, -0.15) is 10.2 Å². The molecule has 0 bridgehead atoms. The van der Waals surface area contributed by atoms with Gasteiger partial charge >= 0.3 is 0 Å². The van der Waals surface area contributed by atoms with E-state index in [9.17, 15) is 19.2 Å². The zero-order valence-electron chi connectivity index (χ0n) is 35.8. The first-order valence-electron chi connectivity index (χ1n) is 21.1. The molecule has 8 rings (SSSR count). The molecule has 20 nitrogen and oxygen atoms in total. The topological polar surface area (TPSA) is 249 Å². The summed E-state index contributed by atoms with van der Waals surface area (Å²) >= 11 is 0. The molecule has 0 unspecified atom stereocenters. The van der Waals surface area contributed by atoms with Gasteiger partial charge in [-0.25, -0.2) is 9.97 Å². The molecule has 330 valence electrons. The highest BCUT2D eigenvalue weighted by Crippen LogP contribution is 2.32. The summed E-state index contributed by atoms with van der Waals surface area (Å²) in [6.07, 6.45) is 4.48. The third-order valence-electron chi connectivity index (χ3n) is 11.2. The van der Waals surface area contributed by atoms with E-state index in [2.05, 4.69) is 36.0 Å².